The van der Waals surface area contributed by atoms with Gasteiger partial charge in [0, 0.05) is 24.5 Å². The third kappa shape index (κ3) is 3.34. The van der Waals surface area contributed by atoms with Crippen molar-refractivity contribution in [1.82, 2.24) is 15.0 Å². The molecule has 0 amide bonds. The summed E-state index contributed by atoms with van der Waals surface area (Å²) >= 11 is 7.31. The molecule has 0 fully saturated rings. The zero-order valence-corrected chi connectivity index (χ0v) is 11.7. The molecule has 0 unspecified atom stereocenters. The van der Waals surface area contributed by atoms with Gasteiger partial charge in [-0.1, -0.05) is 11.6 Å². The molecule has 1 N–H and O–H groups in total. The number of pyridine rings is 1. The van der Waals surface area contributed by atoms with Crippen molar-refractivity contribution in [3.63, 3.8) is 0 Å². The predicted molar refractivity (Wildman–Crippen MR) is 74.3 cm³/mol. The maximum Gasteiger partial charge on any atom is 0.223 e. The molecule has 2 heterocycles. The van der Waals surface area contributed by atoms with Crippen molar-refractivity contribution in [3.05, 3.63) is 35.1 Å². The minimum absolute atomic E-state index is 0.632. The highest BCUT2D eigenvalue weighted by molar-refractivity contribution is 7.99. The molecule has 0 saturated carbocycles. The van der Waals surface area contributed by atoms with Gasteiger partial charge in [-0.3, -0.25) is 0 Å². The summed E-state index contributed by atoms with van der Waals surface area (Å²) in [5.74, 6) is 0.638. The number of nitrogens with zero attached hydrogens (tertiary/aromatic N) is 3. The molecule has 0 atom stereocenters. The SMILES string of the molecule is CCNc1ncc(C)c(Sc2ccc(Cl)cn2)n1. The molecule has 2 rings (SSSR count). The Morgan fingerprint density at radius 1 is 1.28 bits per heavy atom. The summed E-state index contributed by atoms with van der Waals surface area (Å²) in [5, 5.41) is 5.49. The molecule has 0 aliphatic rings. The van der Waals surface area contributed by atoms with Gasteiger partial charge in [0.15, 0.2) is 0 Å². The van der Waals surface area contributed by atoms with Gasteiger partial charge in [-0.2, -0.15) is 0 Å². The number of anilines is 1. The summed E-state index contributed by atoms with van der Waals surface area (Å²) in [6.07, 6.45) is 3.44. The molecule has 0 spiro atoms. The first kappa shape index (κ1) is 13.1. The van der Waals surface area contributed by atoms with Gasteiger partial charge in [-0.05, 0) is 37.7 Å². The molecule has 0 aliphatic heterocycles. The standard InChI is InChI=1S/C12H13ClN4S/c1-3-14-12-16-6-8(2)11(17-12)18-10-5-4-9(13)7-15-10/h4-7H,3H2,1-2H3,(H,14,16,17). The molecule has 0 bridgehead atoms. The van der Waals surface area contributed by atoms with Crippen LogP contribution >= 0.6 is 23.4 Å². The first-order valence-electron chi connectivity index (χ1n) is 5.56. The molecule has 0 aliphatic carbocycles. The highest BCUT2D eigenvalue weighted by atomic mass is 35.5. The summed E-state index contributed by atoms with van der Waals surface area (Å²) < 4.78 is 0. The van der Waals surface area contributed by atoms with Crippen LogP contribution in [0.4, 0.5) is 5.95 Å². The molecular weight excluding hydrogens is 268 g/mol. The molecule has 4 nitrogen and oxygen atoms in total. The van der Waals surface area contributed by atoms with Crippen LogP contribution in [0.3, 0.4) is 0 Å². The fourth-order valence-corrected chi connectivity index (χ4v) is 2.19. The van der Waals surface area contributed by atoms with Gasteiger partial charge in [-0.25, -0.2) is 15.0 Å². The zero-order chi connectivity index (χ0) is 13.0. The smallest absolute Gasteiger partial charge is 0.223 e. The van der Waals surface area contributed by atoms with Gasteiger partial charge < -0.3 is 5.32 Å². The highest BCUT2D eigenvalue weighted by Gasteiger charge is 2.06. The fraction of sp³-hybridized carbons (Fsp3) is 0.250. The number of hydrogen-bond acceptors (Lipinski definition) is 5. The number of nitrogens with one attached hydrogen (secondary N) is 1. The van der Waals surface area contributed by atoms with E-state index in [9.17, 15) is 0 Å². The van der Waals surface area contributed by atoms with Crippen LogP contribution in [0.1, 0.15) is 12.5 Å². The van der Waals surface area contributed by atoms with E-state index < -0.39 is 0 Å². The van der Waals surface area contributed by atoms with E-state index >= 15 is 0 Å². The number of hydrogen-bond donors (Lipinski definition) is 1. The summed E-state index contributed by atoms with van der Waals surface area (Å²) in [6.45, 7) is 4.79. The lowest BCUT2D eigenvalue weighted by molar-refractivity contribution is 0.979. The van der Waals surface area contributed by atoms with Crippen LogP contribution < -0.4 is 5.32 Å². The van der Waals surface area contributed by atoms with Crippen molar-refractivity contribution in [1.29, 1.82) is 0 Å². The van der Waals surface area contributed by atoms with E-state index in [0.29, 0.717) is 11.0 Å². The molecule has 6 heteroatoms. The van der Waals surface area contributed by atoms with E-state index in [1.165, 1.54) is 11.8 Å². The number of aryl methyl sites for hydroxylation is 1. The second kappa shape index (κ2) is 6.02. The van der Waals surface area contributed by atoms with Crippen molar-refractivity contribution < 1.29 is 0 Å². The van der Waals surface area contributed by atoms with Gasteiger partial charge >= 0.3 is 0 Å². The lowest BCUT2D eigenvalue weighted by Crippen LogP contribution is -2.03. The Kier molecular flexibility index (Phi) is 4.38. The van der Waals surface area contributed by atoms with Crippen LogP contribution in [0.5, 0.6) is 0 Å². The second-order valence-corrected chi connectivity index (χ2v) is 5.07. The number of rotatable bonds is 4. The monoisotopic (exact) mass is 280 g/mol. The molecule has 0 radical (unpaired) electrons. The van der Waals surface area contributed by atoms with Crippen LogP contribution in [0.25, 0.3) is 0 Å². The zero-order valence-electron chi connectivity index (χ0n) is 10.1. The first-order chi connectivity index (χ1) is 8.69. The minimum atomic E-state index is 0.632. The van der Waals surface area contributed by atoms with Crippen molar-refractivity contribution in [2.75, 3.05) is 11.9 Å². The molecular formula is C12H13ClN4S. The molecule has 18 heavy (non-hydrogen) atoms. The van der Waals surface area contributed by atoms with Crippen LogP contribution in [0.15, 0.2) is 34.6 Å². The molecule has 2 aromatic heterocycles. The third-order valence-corrected chi connectivity index (χ3v) is 3.44. The Morgan fingerprint density at radius 2 is 2.11 bits per heavy atom. The Hall–Kier alpha value is -1.33. The van der Waals surface area contributed by atoms with E-state index in [2.05, 4.69) is 20.3 Å². The van der Waals surface area contributed by atoms with E-state index in [1.54, 1.807) is 6.20 Å². The van der Waals surface area contributed by atoms with Crippen molar-refractivity contribution in [2.24, 2.45) is 0 Å². The topological polar surface area (TPSA) is 50.7 Å². The van der Waals surface area contributed by atoms with Gasteiger partial charge in [0.1, 0.15) is 10.1 Å². The average Bonchev–Trinajstić information content (AvgIpc) is 2.36. The summed E-state index contributed by atoms with van der Waals surface area (Å²) in [7, 11) is 0. The van der Waals surface area contributed by atoms with Gasteiger partial charge in [0.05, 0.1) is 5.02 Å². The van der Waals surface area contributed by atoms with E-state index in [0.717, 1.165) is 22.2 Å². The average molecular weight is 281 g/mol. The van der Waals surface area contributed by atoms with Gasteiger partial charge in [0.2, 0.25) is 5.95 Å². The van der Waals surface area contributed by atoms with Crippen LogP contribution in [-0.4, -0.2) is 21.5 Å². The third-order valence-electron chi connectivity index (χ3n) is 2.16. The second-order valence-electron chi connectivity index (χ2n) is 3.63. The van der Waals surface area contributed by atoms with Crippen LogP contribution in [0.2, 0.25) is 5.02 Å². The largest absolute Gasteiger partial charge is 0.354 e. The minimum Gasteiger partial charge on any atom is -0.354 e. The Morgan fingerprint density at radius 3 is 2.78 bits per heavy atom. The summed E-state index contributed by atoms with van der Waals surface area (Å²) in [6, 6.07) is 3.69. The Balaban J connectivity index is 2.22. The molecule has 0 aromatic carbocycles. The van der Waals surface area contributed by atoms with Crippen molar-refractivity contribution in [2.45, 2.75) is 23.9 Å². The highest BCUT2D eigenvalue weighted by Crippen LogP contribution is 2.27. The Bertz CT molecular complexity index is 530. The quantitative estimate of drug-likeness (QED) is 0.870. The lowest BCUT2D eigenvalue weighted by atomic mass is 10.4. The van der Waals surface area contributed by atoms with Gasteiger partial charge in [-0.15, -0.1) is 0 Å². The summed E-state index contributed by atoms with van der Waals surface area (Å²) in [4.78, 5) is 12.9. The van der Waals surface area contributed by atoms with Gasteiger partial charge in [0.25, 0.3) is 0 Å². The molecule has 0 saturated heterocycles. The summed E-state index contributed by atoms with van der Waals surface area (Å²) in [5.41, 5.74) is 1.03. The molecule has 2 aromatic rings. The van der Waals surface area contributed by atoms with E-state index in [4.69, 9.17) is 11.6 Å². The van der Waals surface area contributed by atoms with Crippen LogP contribution in [-0.2, 0) is 0 Å². The molecule has 94 valence electrons. The normalized spacial score (nSPS) is 10.4. The van der Waals surface area contributed by atoms with E-state index in [1.807, 2.05) is 32.2 Å². The fourth-order valence-electron chi connectivity index (χ4n) is 1.29. The number of halogens is 1. The van der Waals surface area contributed by atoms with Crippen molar-refractivity contribution >= 4 is 29.3 Å². The maximum absolute atomic E-state index is 5.81. The van der Waals surface area contributed by atoms with Crippen molar-refractivity contribution in [3.8, 4) is 0 Å². The Labute approximate surface area is 115 Å². The van der Waals surface area contributed by atoms with E-state index in [-0.39, 0.29) is 0 Å². The number of aromatic nitrogens is 3. The van der Waals surface area contributed by atoms with Crippen LogP contribution in [0, 0.1) is 6.92 Å². The predicted octanol–water partition coefficient (Wildman–Crippen LogP) is 3.42. The first-order valence-corrected chi connectivity index (χ1v) is 6.75. The maximum atomic E-state index is 5.81. The lowest BCUT2D eigenvalue weighted by Gasteiger charge is -2.06.